The monoisotopic (exact) mass is 302 g/mol. The molecule has 1 aliphatic carbocycles. The molecule has 0 unspecified atom stereocenters. The lowest BCUT2D eigenvalue weighted by atomic mass is 9.76. The van der Waals surface area contributed by atoms with Crippen molar-refractivity contribution in [3.63, 3.8) is 0 Å². The third-order valence-corrected chi connectivity index (χ3v) is 5.03. The van der Waals surface area contributed by atoms with E-state index in [0.717, 1.165) is 24.8 Å². The van der Waals surface area contributed by atoms with E-state index in [0.29, 0.717) is 23.8 Å². The molecule has 0 fully saturated rings. The Balaban J connectivity index is 1.97. The average molecular weight is 302 g/mol. The third-order valence-electron chi connectivity index (χ3n) is 5.03. The van der Waals surface area contributed by atoms with E-state index in [4.69, 9.17) is 9.47 Å². The van der Waals surface area contributed by atoms with Crippen molar-refractivity contribution in [2.24, 2.45) is 5.92 Å². The molecule has 0 bridgehead atoms. The largest absolute Gasteiger partial charge is 0.496 e. The molecule has 1 aromatic rings. The second kappa shape index (κ2) is 5.34. The van der Waals surface area contributed by atoms with Gasteiger partial charge in [-0.2, -0.15) is 0 Å². The zero-order valence-electron chi connectivity index (χ0n) is 13.3. The number of hydrogen-bond acceptors (Lipinski definition) is 3. The molecule has 0 spiro atoms. The van der Waals surface area contributed by atoms with E-state index < -0.39 is 5.97 Å². The highest BCUT2D eigenvalue weighted by molar-refractivity contribution is 5.92. The summed E-state index contributed by atoms with van der Waals surface area (Å²) in [6, 6.07) is 3.29. The predicted molar refractivity (Wildman–Crippen MR) is 83.8 cm³/mol. The van der Waals surface area contributed by atoms with Crippen molar-refractivity contribution in [1.82, 2.24) is 0 Å². The van der Waals surface area contributed by atoms with Crippen LogP contribution in [0.1, 0.15) is 49.0 Å². The number of fused-ring (bicyclic) bond motifs is 1. The van der Waals surface area contributed by atoms with Crippen molar-refractivity contribution in [3.05, 3.63) is 34.9 Å². The highest BCUT2D eigenvalue weighted by atomic mass is 16.5. The van der Waals surface area contributed by atoms with Crippen LogP contribution in [0.3, 0.4) is 0 Å². The van der Waals surface area contributed by atoms with E-state index in [-0.39, 0.29) is 11.2 Å². The number of carboxylic acid groups (broad SMARTS) is 1. The van der Waals surface area contributed by atoms with Crippen molar-refractivity contribution in [2.45, 2.75) is 45.1 Å². The summed E-state index contributed by atoms with van der Waals surface area (Å²) in [5.41, 5.74) is 2.18. The zero-order valence-corrected chi connectivity index (χ0v) is 13.3. The lowest BCUT2D eigenvalue weighted by molar-refractivity contribution is 0.0400. The number of methoxy groups -OCH3 is 1. The molecule has 0 radical (unpaired) electrons. The summed E-state index contributed by atoms with van der Waals surface area (Å²) >= 11 is 0. The average Bonchev–Trinajstić information content (AvgIpc) is 2.84. The van der Waals surface area contributed by atoms with Gasteiger partial charge in [0.2, 0.25) is 0 Å². The standard InChI is InChI=1S/C18H22O4/c1-11-4-6-12(7-5-11)18(2)10-14-15(21-3)9-8-13(17(19)20)16(14)22-18/h4,8-9,12H,5-7,10H2,1-3H3,(H,19,20)/t12-,18-/m0/s1. The maximum Gasteiger partial charge on any atom is 0.339 e. The fourth-order valence-electron chi connectivity index (χ4n) is 3.62. The Hall–Kier alpha value is -1.97. The molecule has 0 aromatic heterocycles. The minimum Gasteiger partial charge on any atom is -0.496 e. The smallest absolute Gasteiger partial charge is 0.339 e. The van der Waals surface area contributed by atoms with E-state index in [1.54, 1.807) is 19.2 Å². The molecule has 2 aliphatic rings. The molecule has 3 rings (SSSR count). The van der Waals surface area contributed by atoms with Crippen molar-refractivity contribution in [3.8, 4) is 11.5 Å². The lowest BCUT2D eigenvalue weighted by Crippen LogP contribution is -2.40. The zero-order chi connectivity index (χ0) is 15.9. The summed E-state index contributed by atoms with van der Waals surface area (Å²) in [5.74, 6) is 0.643. The van der Waals surface area contributed by atoms with Gasteiger partial charge < -0.3 is 14.6 Å². The minimum absolute atomic E-state index is 0.224. The number of benzene rings is 1. The molecule has 118 valence electrons. The van der Waals surface area contributed by atoms with Crippen LogP contribution in [0.4, 0.5) is 0 Å². The molecule has 4 heteroatoms. The Labute approximate surface area is 130 Å². The molecule has 1 aliphatic heterocycles. The summed E-state index contributed by atoms with van der Waals surface area (Å²) in [5, 5.41) is 9.40. The van der Waals surface area contributed by atoms with Gasteiger partial charge in [0, 0.05) is 17.9 Å². The number of carbonyl (C=O) groups is 1. The van der Waals surface area contributed by atoms with Crippen LogP contribution in [-0.4, -0.2) is 23.8 Å². The van der Waals surface area contributed by atoms with Crippen LogP contribution in [0.25, 0.3) is 0 Å². The van der Waals surface area contributed by atoms with Crippen LogP contribution in [0, 0.1) is 5.92 Å². The predicted octanol–water partition coefficient (Wildman–Crippen LogP) is 3.83. The third kappa shape index (κ3) is 2.36. The first-order chi connectivity index (χ1) is 10.4. The van der Waals surface area contributed by atoms with Crippen LogP contribution in [0.2, 0.25) is 0 Å². The van der Waals surface area contributed by atoms with Gasteiger partial charge in [0.1, 0.15) is 22.7 Å². The maximum absolute atomic E-state index is 11.5. The summed E-state index contributed by atoms with van der Waals surface area (Å²) in [6.45, 7) is 4.26. The van der Waals surface area contributed by atoms with Gasteiger partial charge in [-0.3, -0.25) is 0 Å². The minimum atomic E-state index is -0.956. The van der Waals surface area contributed by atoms with Gasteiger partial charge in [0.05, 0.1) is 7.11 Å². The quantitative estimate of drug-likeness (QED) is 0.862. The number of rotatable bonds is 3. The molecule has 1 aromatic carbocycles. The lowest BCUT2D eigenvalue weighted by Gasteiger charge is -2.35. The number of hydrogen-bond donors (Lipinski definition) is 1. The molecule has 1 heterocycles. The van der Waals surface area contributed by atoms with Crippen LogP contribution in [0.5, 0.6) is 11.5 Å². The second-order valence-corrected chi connectivity index (χ2v) is 6.54. The van der Waals surface area contributed by atoms with Crippen molar-refractivity contribution in [2.75, 3.05) is 7.11 Å². The topological polar surface area (TPSA) is 55.8 Å². The first kappa shape index (κ1) is 14.9. The molecule has 1 N–H and O–H groups in total. The molecular formula is C18H22O4. The fraction of sp³-hybridized carbons (Fsp3) is 0.500. The Morgan fingerprint density at radius 1 is 1.45 bits per heavy atom. The van der Waals surface area contributed by atoms with Gasteiger partial charge in [0.15, 0.2) is 0 Å². The normalized spacial score (nSPS) is 26.9. The summed E-state index contributed by atoms with van der Waals surface area (Å²) < 4.78 is 11.6. The Morgan fingerprint density at radius 2 is 2.23 bits per heavy atom. The molecule has 4 nitrogen and oxygen atoms in total. The first-order valence-electron chi connectivity index (χ1n) is 7.72. The van der Waals surface area contributed by atoms with E-state index in [2.05, 4.69) is 19.9 Å². The van der Waals surface area contributed by atoms with Crippen LogP contribution in [0.15, 0.2) is 23.8 Å². The summed E-state index contributed by atoms with van der Waals surface area (Å²) in [6.07, 6.45) is 6.13. The second-order valence-electron chi connectivity index (χ2n) is 6.54. The highest BCUT2D eigenvalue weighted by Gasteiger charge is 2.44. The Bertz CT molecular complexity index is 647. The first-order valence-corrected chi connectivity index (χ1v) is 7.72. The van der Waals surface area contributed by atoms with Gasteiger partial charge in [-0.1, -0.05) is 11.6 Å². The van der Waals surface area contributed by atoms with Crippen LogP contribution in [-0.2, 0) is 6.42 Å². The maximum atomic E-state index is 11.5. The number of ether oxygens (including phenoxy) is 2. The van der Waals surface area contributed by atoms with E-state index >= 15 is 0 Å². The molecule has 0 saturated heterocycles. The number of carboxylic acids is 1. The molecular weight excluding hydrogens is 280 g/mol. The number of allylic oxidation sites excluding steroid dienone is 2. The Kier molecular flexibility index (Phi) is 3.63. The Morgan fingerprint density at radius 3 is 2.82 bits per heavy atom. The SMILES string of the molecule is COc1ccc(C(=O)O)c2c1C[C@@](C)([C@H]1CC=C(C)CC1)O2. The van der Waals surface area contributed by atoms with Gasteiger partial charge >= 0.3 is 5.97 Å². The van der Waals surface area contributed by atoms with Crippen LogP contribution >= 0.6 is 0 Å². The fourth-order valence-corrected chi connectivity index (χ4v) is 3.62. The van der Waals surface area contributed by atoms with Crippen LogP contribution < -0.4 is 9.47 Å². The highest BCUT2D eigenvalue weighted by Crippen LogP contribution is 2.48. The number of aromatic carboxylic acids is 1. The molecule has 22 heavy (non-hydrogen) atoms. The van der Waals surface area contributed by atoms with Crippen molar-refractivity contribution in [1.29, 1.82) is 0 Å². The van der Waals surface area contributed by atoms with Crippen molar-refractivity contribution < 1.29 is 19.4 Å². The van der Waals surface area contributed by atoms with Gasteiger partial charge in [-0.25, -0.2) is 4.79 Å². The summed E-state index contributed by atoms with van der Waals surface area (Å²) in [4.78, 5) is 11.5. The van der Waals surface area contributed by atoms with E-state index in [1.807, 2.05) is 0 Å². The van der Waals surface area contributed by atoms with Gasteiger partial charge in [0.25, 0.3) is 0 Å². The molecule has 0 amide bonds. The summed E-state index contributed by atoms with van der Waals surface area (Å²) in [7, 11) is 1.61. The van der Waals surface area contributed by atoms with E-state index in [9.17, 15) is 9.90 Å². The van der Waals surface area contributed by atoms with Gasteiger partial charge in [-0.15, -0.1) is 0 Å². The molecule has 0 saturated carbocycles. The van der Waals surface area contributed by atoms with Crippen molar-refractivity contribution >= 4 is 5.97 Å². The molecule has 2 atom stereocenters. The van der Waals surface area contributed by atoms with E-state index in [1.165, 1.54) is 5.57 Å². The van der Waals surface area contributed by atoms with Gasteiger partial charge in [-0.05, 0) is 45.2 Å².